The first-order chi connectivity index (χ1) is 13.8. The molecule has 1 aliphatic heterocycles. The third kappa shape index (κ3) is 5.77. The molecule has 1 amide bonds. The van der Waals surface area contributed by atoms with Gasteiger partial charge in [-0.25, -0.2) is 15.0 Å². The molecule has 2 aromatic rings. The average molecular weight is 406 g/mol. The second-order valence-corrected chi connectivity index (χ2v) is 6.63. The van der Waals surface area contributed by atoms with Crippen molar-refractivity contribution < 1.29 is 22.7 Å². The number of amides is 1. The van der Waals surface area contributed by atoms with Gasteiger partial charge in [0.15, 0.2) is 6.61 Å². The minimum atomic E-state index is -4.45. The maximum absolute atomic E-state index is 12.3. The average Bonchev–Trinajstić information content (AvgIpc) is 2.70. The van der Waals surface area contributed by atoms with E-state index in [0.29, 0.717) is 12.1 Å². The zero-order chi connectivity index (χ0) is 20.9. The van der Waals surface area contributed by atoms with Crippen molar-refractivity contribution in [3.8, 4) is 6.01 Å². The number of hydrogen-bond acceptors (Lipinski definition) is 5. The molecule has 0 aliphatic carbocycles. The molecule has 29 heavy (non-hydrogen) atoms. The van der Waals surface area contributed by atoms with E-state index >= 15 is 0 Å². The molecule has 0 fully saturated rings. The second-order valence-electron chi connectivity index (χ2n) is 6.63. The summed E-state index contributed by atoms with van der Waals surface area (Å²) in [6.07, 6.45) is 3.20. The second kappa shape index (κ2) is 9.04. The van der Waals surface area contributed by atoms with Gasteiger partial charge in [0, 0.05) is 37.6 Å². The molecule has 154 valence electrons. The fraction of sp³-hybridized carbons (Fsp3) is 0.350. The van der Waals surface area contributed by atoms with E-state index in [-0.39, 0.29) is 18.0 Å². The van der Waals surface area contributed by atoms with Crippen molar-refractivity contribution in [1.82, 2.24) is 20.0 Å². The summed E-state index contributed by atoms with van der Waals surface area (Å²) in [4.78, 5) is 20.0. The van der Waals surface area contributed by atoms with E-state index in [4.69, 9.17) is 0 Å². The Morgan fingerprint density at radius 1 is 1.14 bits per heavy atom. The fourth-order valence-electron chi connectivity index (χ4n) is 3.06. The van der Waals surface area contributed by atoms with Crippen LogP contribution in [-0.2, 0) is 11.2 Å². The van der Waals surface area contributed by atoms with Gasteiger partial charge in [0.25, 0.3) is 5.91 Å². The third-order valence-electron chi connectivity index (χ3n) is 4.49. The first-order valence-corrected chi connectivity index (χ1v) is 9.11. The topological polar surface area (TPSA) is 58.6 Å². The Kier molecular flexibility index (Phi) is 6.48. The zero-order valence-corrected chi connectivity index (χ0v) is 15.8. The SMILES string of the molecule is CN1C(c2cnc(OCC(F)(F)F)nc2)C=CC(=O)N1CCCc1ccccc1. The van der Waals surface area contributed by atoms with Crippen molar-refractivity contribution in [2.24, 2.45) is 0 Å². The van der Waals surface area contributed by atoms with E-state index < -0.39 is 12.8 Å². The molecule has 1 atom stereocenters. The van der Waals surface area contributed by atoms with Gasteiger partial charge in [-0.2, -0.15) is 13.2 Å². The fourth-order valence-corrected chi connectivity index (χ4v) is 3.06. The maximum Gasteiger partial charge on any atom is 0.422 e. The van der Waals surface area contributed by atoms with Gasteiger partial charge in [-0.15, -0.1) is 0 Å². The maximum atomic E-state index is 12.3. The van der Waals surface area contributed by atoms with E-state index in [2.05, 4.69) is 14.7 Å². The Hall–Kier alpha value is -2.94. The van der Waals surface area contributed by atoms with Crippen molar-refractivity contribution in [1.29, 1.82) is 0 Å². The van der Waals surface area contributed by atoms with Crippen LogP contribution in [0.1, 0.15) is 23.6 Å². The minimum Gasteiger partial charge on any atom is -0.454 e. The van der Waals surface area contributed by atoms with Gasteiger partial charge in [-0.3, -0.25) is 9.80 Å². The van der Waals surface area contributed by atoms with Gasteiger partial charge in [0.1, 0.15) is 0 Å². The molecule has 0 radical (unpaired) electrons. The monoisotopic (exact) mass is 406 g/mol. The molecule has 0 saturated heterocycles. The molecule has 0 saturated carbocycles. The Balaban J connectivity index is 1.61. The van der Waals surface area contributed by atoms with Crippen LogP contribution in [0, 0.1) is 0 Å². The summed E-state index contributed by atoms with van der Waals surface area (Å²) in [5.74, 6) is -0.122. The number of benzene rings is 1. The molecule has 0 N–H and O–H groups in total. The van der Waals surface area contributed by atoms with Gasteiger partial charge in [-0.1, -0.05) is 36.4 Å². The summed E-state index contributed by atoms with van der Waals surface area (Å²) in [6.45, 7) is -0.905. The summed E-state index contributed by atoms with van der Waals surface area (Å²) in [6, 6.07) is 9.37. The lowest BCUT2D eigenvalue weighted by atomic mass is 10.1. The van der Waals surface area contributed by atoms with Crippen molar-refractivity contribution in [2.75, 3.05) is 20.2 Å². The summed E-state index contributed by atoms with van der Waals surface area (Å²) < 4.78 is 41.2. The zero-order valence-electron chi connectivity index (χ0n) is 15.8. The number of hydrazine groups is 1. The van der Waals surface area contributed by atoms with E-state index in [1.54, 1.807) is 23.1 Å². The van der Waals surface area contributed by atoms with Crippen LogP contribution in [0.4, 0.5) is 13.2 Å². The molecular formula is C20H21F3N4O2. The highest BCUT2D eigenvalue weighted by Gasteiger charge is 2.30. The Morgan fingerprint density at radius 3 is 2.48 bits per heavy atom. The van der Waals surface area contributed by atoms with Crippen LogP contribution in [0.25, 0.3) is 0 Å². The molecule has 1 aromatic heterocycles. The van der Waals surface area contributed by atoms with Crippen LogP contribution in [-0.4, -0.2) is 52.3 Å². The molecule has 6 nitrogen and oxygen atoms in total. The predicted octanol–water partition coefficient (Wildman–Crippen LogP) is 3.34. The summed E-state index contributed by atoms with van der Waals surface area (Å²) in [5.41, 5.74) is 1.85. The number of alkyl halides is 3. The first kappa shape index (κ1) is 20.8. The number of nitrogens with zero attached hydrogens (tertiary/aromatic N) is 4. The number of carbonyl (C=O) groups excluding carboxylic acids is 1. The number of halogens is 3. The number of carbonyl (C=O) groups is 1. The van der Waals surface area contributed by atoms with Crippen molar-refractivity contribution in [3.05, 3.63) is 66.0 Å². The normalized spacial score (nSPS) is 17.6. The molecule has 1 unspecified atom stereocenters. The molecule has 1 aliphatic rings. The van der Waals surface area contributed by atoms with E-state index in [9.17, 15) is 18.0 Å². The molecule has 0 bridgehead atoms. The molecular weight excluding hydrogens is 385 g/mol. The van der Waals surface area contributed by atoms with Crippen molar-refractivity contribution >= 4 is 5.91 Å². The standard InChI is InChI=1S/C20H21F3N4O2/c1-26-17(16-12-24-19(25-13-16)29-14-20(21,22)23)9-10-18(28)27(26)11-5-8-15-6-3-2-4-7-15/h2-4,6-7,9-10,12-13,17H,5,8,11,14H2,1H3. The largest absolute Gasteiger partial charge is 0.454 e. The number of rotatable bonds is 7. The quantitative estimate of drug-likeness (QED) is 0.706. The van der Waals surface area contributed by atoms with Crippen LogP contribution in [0.3, 0.4) is 0 Å². The molecule has 0 spiro atoms. The van der Waals surface area contributed by atoms with Gasteiger partial charge in [-0.05, 0) is 18.4 Å². The molecule has 3 rings (SSSR count). The highest BCUT2D eigenvalue weighted by atomic mass is 19.4. The van der Waals surface area contributed by atoms with Gasteiger partial charge in [0.05, 0.1) is 6.04 Å². The summed E-state index contributed by atoms with van der Waals surface area (Å²) in [5, 5.41) is 3.42. The van der Waals surface area contributed by atoms with Gasteiger partial charge >= 0.3 is 12.2 Å². The summed E-state index contributed by atoms with van der Waals surface area (Å²) in [7, 11) is 1.78. The lowest BCUT2D eigenvalue weighted by molar-refractivity contribution is -0.154. The van der Waals surface area contributed by atoms with Gasteiger partial charge in [0.2, 0.25) is 0 Å². The molecule has 1 aromatic carbocycles. The van der Waals surface area contributed by atoms with E-state index in [0.717, 1.165) is 12.8 Å². The third-order valence-corrected chi connectivity index (χ3v) is 4.49. The highest BCUT2D eigenvalue weighted by Crippen LogP contribution is 2.26. The molecule has 9 heteroatoms. The predicted molar refractivity (Wildman–Crippen MR) is 99.7 cm³/mol. The lowest BCUT2D eigenvalue weighted by Gasteiger charge is -2.38. The number of likely N-dealkylation sites (N-methyl/N-ethyl adjacent to an activating group) is 1. The number of ether oxygens (including phenoxy) is 1. The summed E-state index contributed by atoms with van der Waals surface area (Å²) >= 11 is 0. The molecule has 2 heterocycles. The number of aromatic nitrogens is 2. The smallest absolute Gasteiger partial charge is 0.422 e. The Labute approximate surface area is 166 Å². The van der Waals surface area contributed by atoms with Crippen molar-refractivity contribution in [3.63, 3.8) is 0 Å². The van der Waals surface area contributed by atoms with Crippen molar-refractivity contribution in [2.45, 2.75) is 25.1 Å². The minimum absolute atomic E-state index is 0.122. The number of hydrogen-bond donors (Lipinski definition) is 0. The highest BCUT2D eigenvalue weighted by molar-refractivity contribution is 5.88. The Bertz CT molecular complexity index is 841. The van der Waals surface area contributed by atoms with E-state index in [1.807, 2.05) is 30.3 Å². The van der Waals surface area contributed by atoms with Crippen LogP contribution < -0.4 is 4.74 Å². The van der Waals surface area contributed by atoms with Crippen LogP contribution in [0.2, 0.25) is 0 Å². The lowest BCUT2D eigenvalue weighted by Crippen LogP contribution is -2.48. The van der Waals surface area contributed by atoms with E-state index in [1.165, 1.54) is 24.0 Å². The van der Waals surface area contributed by atoms with Crippen LogP contribution >= 0.6 is 0 Å². The first-order valence-electron chi connectivity index (χ1n) is 9.11. The van der Waals surface area contributed by atoms with Crippen LogP contribution in [0.5, 0.6) is 6.01 Å². The Morgan fingerprint density at radius 2 is 1.83 bits per heavy atom. The van der Waals surface area contributed by atoms with Crippen LogP contribution in [0.15, 0.2) is 54.9 Å². The van der Waals surface area contributed by atoms with Gasteiger partial charge < -0.3 is 4.74 Å². The number of aryl methyl sites for hydroxylation is 1.